The number of anilines is 1. The second-order valence-corrected chi connectivity index (χ2v) is 8.06. The predicted molar refractivity (Wildman–Crippen MR) is 118 cm³/mol. The standard InChI is InChI=1S/C25H27N3O3/c29-25(20-8-4-5-9-22(20)27-14-16-30-17-15-27)28-13-12-23-21(18-28)26-24(31-23)11-10-19-6-2-1-3-7-19/h1-9H,10-18H2. The van der Waals surface area contributed by atoms with Crippen molar-refractivity contribution in [3.8, 4) is 0 Å². The molecule has 0 atom stereocenters. The van der Waals surface area contributed by atoms with Crippen LogP contribution in [0.15, 0.2) is 59.0 Å². The zero-order valence-electron chi connectivity index (χ0n) is 17.6. The molecular weight excluding hydrogens is 390 g/mol. The van der Waals surface area contributed by atoms with Gasteiger partial charge in [0.1, 0.15) is 11.5 Å². The van der Waals surface area contributed by atoms with Crippen molar-refractivity contribution in [2.75, 3.05) is 37.7 Å². The van der Waals surface area contributed by atoms with E-state index < -0.39 is 0 Å². The highest BCUT2D eigenvalue weighted by atomic mass is 16.5. The highest BCUT2D eigenvalue weighted by Crippen LogP contribution is 2.26. The minimum absolute atomic E-state index is 0.0570. The van der Waals surface area contributed by atoms with E-state index in [1.54, 1.807) is 0 Å². The average Bonchev–Trinajstić information content (AvgIpc) is 3.26. The van der Waals surface area contributed by atoms with E-state index in [-0.39, 0.29) is 5.91 Å². The molecule has 2 aliphatic heterocycles. The number of para-hydroxylation sites is 1. The number of aryl methyl sites for hydroxylation is 2. The number of oxazole rings is 1. The van der Waals surface area contributed by atoms with E-state index in [1.165, 1.54) is 5.56 Å². The smallest absolute Gasteiger partial charge is 0.256 e. The summed E-state index contributed by atoms with van der Waals surface area (Å²) in [6, 6.07) is 18.3. The van der Waals surface area contributed by atoms with Crippen LogP contribution in [0.5, 0.6) is 0 Å². The first-order valence-electron chi connectivity index (χ1n) is 11.0. The van der Waals surface area contributed by atoms with Crippen molar-refractivity contribution in [1.29, 1.82) is 0 Å². The molecule has 1 aromatic heterocycles. The van der Waals surface area contributed by atoms with E-state index in [0.717, 1.165) is 54.5 Å². The van der Waals surface area contributed by atoms with Gasteiger partial charge in [0, 0.05) is 38.2 Å². The van der Waals surface area contributed by atoms with Gasteiger partial charge >= 0.3 is 0 Å². The highest BCUT2D eigenvalue weighted by Gasteiger charge is 2.28. The fraction of sp³-hybridized carbons (Fsp3) is 0.360. The molecular formula is C25H27N3O3. The van der Waals surface area contributed by atoms with Gasteiger partial charge in [0.05, 0.1) is 25.3 Å². The SMILES string of the molecule is O=C(c1ccccc1N1CCOCC1)N1CCc2oc(CCc3ccccc3)nc2C1. The summed E-state index contributed by atoms with van der Waals surface area (Å²) >= 11 is 0. The van der Waals surface area contributed by atoms with E-state index in [4.69, 9.17) is 14.1 Å². The number of carbonyl (C=O) groups is 1. The number of morpholine rings is 1. The molecule has 160 valence electrons. The number of benzene rings is 2. The summed E-state index contributed by atoms with van der Waals surface area (Å²) in [6.45, 7) is 4.16. The first kappa shape index (κ1) is 19.8. The van der Waals surface area contributed by atoms with Gasteiger partial charge in [-0.1, -0.05) is 42.5 Å². The minimum Gasteiger partial charge on any atom is -0.445 e. The molecule has 2 aliphatic rings. The zero-order valence-corrected chi connectivity index (χ0v) is 17.6. The van der Waals surface area contributed by atoms with Crippen molar-refractivity contribution in [3.05, 3.63) is 83.1 Å². The molecule has 0 N–H and O–H groups in total. The average molecular weight is 418 g/mol. The van der Waals surface area contributed by atoms with Crippen LogP contribution in [0.4, 0.5) is 5.69 Å². The largest absolute Gasteiger partial charge is 0.445 e. The van der Waals surface area contributed by atoms with Crippen molar-refractivity contribution in [1.82, 2.24) is 9.88 Å². The number of amides is 1. The van der Waals surface area contributed by atoms with Gasteiger partial charge in [0.15, 0.2) is 5.89 Å². The Kier molecular flexibility index (Phi) is 5.71. The Hall–Kier alpha value is -3.12. The number of hydrogen-bond acceptors (Lipinski definition) is 5. The Morgan fingerprint density at radius 1 is 0.935 bits per heavy atom. The van der Waals surface area contributed by atoms with Crippen LogP contribution in [-0.2, 0) is 30.5 Å². The van der Waals surface area contributed by atoms with Crippen LogP contribution in [-0.4, -0.2) is 48.6 Å². The van der Waals surface area contributed by atoms with Crippen molar-refractivity contribution < 1.29 is 13.9 Å². The Labute approximate surface area is 182 Å². The van der Waals surface area contributed by atoms with Crippen LogP contribution in [0.2, 0.25) is 0 Å². The van der Waals surface area contributed by atoms with Crippen LogP contribution in [0.3, 0.4) is 0 Å². The Morgan fingerprint density at radius 2 is 1.71 bits per heavy atom. The molecule has 0 spiro atoms. The van der Waals surface area contributed by atoms with Gasteiger partial charge in [-0.05, 0) is 24.1 Å². The minimum atomic E-state index is 0.0570. The van der Waals surface area contributed by atoms with Crippen LogP contribution in [0.25, 0.3) is 0 Å². The van der Waals surface area contributed by atoms with E-state index in [1.807, 2.05) is 47.4 Å². The van der Waals surface area contributed by atoms with Crippen LogP contribution >= 0.6 is 0 Å². The van der Waals surface area contributed by atoms with E-state index in [2.05, 4.69) is 17.0 Å². The first-order valence-corrected chi connectivity index (χ1v) is 11.0. The number of rotatable bonds is 5. The number of ether oxygens (including phenoxy) is 1. The number of aromatic nitrogens is 1. The molecule has 1 fully saturated rings. The molecule has 1 saturated heterocycles. The predicted octanol–water partition coefficient (Wildman–Crippen LogP) is 3.49. The molecule has 3 aromatic rings. The lowest BCUT2D eigenvalue weighted by molar-refractivity contribution is 0.0727. The molecule has 6 heteroatoms. The normalized spacial score (nSPS) is 16.3. The van der Waals surface area contributed by atoms with Crippen molar-refractivity contribution in [2.45, 2.75) is 25.8 Å². The molecule has 2 aromatic carbocycles. The number of nitrogens with zero attached hydrogens (tertiary/aromatic N) is 3. The van der Waals surface area contributed by atoms with Crippen LogP contribution in [0.1, 0.15) is 33.3 Å². The molecule has 0 aliphatic carbocycles. The van der Waals surface area contributed by atoms with Crippen LogP contribution < -0.4 is 4.90 Å². The second-order valence-electron chi connectivity index (χ2n) is 8.06. The summed E-state index contributed by atoms with van der Waals surface area (Å²) in [7, 11) is 0. The molecule has 31 heavy (non-hydrogen) atoms. The maximum Gasteiger partial charge on any atom is 0.256 e. The summed E-state index contributed by atoms with van der Waals surface area (Å²) in [6.07, 6.45) is 2.37. The Balaban J connectivity index is 1.29. The fourth-order valence-corrected chi connectivity index (χ4v) is 4.33. The van der Waals surface area contributed by atoms with E-state index in [9.17, 15) is 4.79 Å². The zero-order chi connectivity index (χ0) is 21.0. The van der Waals surface area contributed by atoms with Gasteiger partial charge in [-0.3, -0.25) is 4.79 Å². The van der Waals surface area contributed by atoms with Gasteiger partial charge in [-0.15, -0.1) is 0 Å². The molecule has 6 nitrogen and oxygen atoms in total. The summed E-state index contributed by atoms with van der Waals surface area (Å²) in [5, 5.41) is 0. The summed E-state index contributed by atoms with van der Waals surface area (Å²) in [5.41, 5.74) is 3.91. The van der Waals surface area contributed by atoms with Gasteiger partial charge < -0.3 is 19.0 Å². The molecule has 0 radical (unpaired) electrons. The first-order chi connectivity index (χ1) is 15.3. The summed E-state index contributed by atoms with van der Waals surface area (Å²) in [4.78, 5) is 22.3. The lowest BCUT2D eigenvalue weighted by Gasteiger charge is -2.32. The number of carbonyl (C=O) groups excluding carboxylic acids is 1. The van der Waals surface area contributed by atoms with Crippen LogP contribution in [0, 0.1) is 0 Å². The summed E-state index contributed by atoms with van der Waals surface area (Å²) < 4.78 is 11.5. The molecule has 3 heterocycles. The highest BCUT2D eigenvalue weighted by molar-refractivity contribution is 6.00. The molecule has 1 amide bonds. The maximum atomic E-state index is 13.4. The van der Waals surface area contributed by atoms with Gasteiger partial charge in [-0.2, -0.15) is 0 Å². The van der Waals surface area contributed by atoms with Gasteiger partial charge in [-0.25, -0.2) is 4.98 Å². The molecule has 0 saturated carbocycles. The fourth-order valence-electron chi connectivity index (χ4n) is 4.33. The Morgan fingerprint density at radius 3 is 2.55 bits per heavy atom. The monoisotopic (exact) mass is 417 g/mol. The lowest BCUT2D eigenvalue weighted by Crippen LogP contribution is -2.39. The van der Waals surface area contributed by atoms with Gasteiger partial charge in [0.2, 0.25) is 0 Å². The lowest BCUT2D eigenvalue weighted by atomic mass is 10.1. The molecule has 0 unspecified atom stereocenters. The number of hydrogen-bond donors (Lipinski definition) is 0. The quantitative estimate of drug-likeness (QED) is 0.636. The second kappa shape index (κ2) is 8.94. The third-order valence-corrected chi connectivity index (χ3v) is 6.02. The van der Waals surface area contributed by atoms with E-state index in [0.29, 0.717) is 32.7 Å². The van der Waals surface area contributed by atoms with Gasteiger partial charge in [0.25, 0.3) is 5.91 Å². The molecule has 5 rings (SSSR count). The Bertz CT molecular complexity index is 1040. The van der Waals surface area contributed by atoms with Crippen molar-refractivity contribution >= 4 is 11.6 Å². The number of fused-ring (bicyclic) bond motifs is 1. The topological polar surface area (TPSA) is 58.8 Å². The third-order valence-electron chi connectivity index (χ3n) is 6.02. The van der Waals surface area contributed by atoms with E-state index >= 15 is 0 Å². The third kappa shape index (κ3) is 4.35. The van der Waals surface area contributed by atoms with Crippen molar-refractivity contribution in [3.63, 3.8) is 0 Å². The maximum absolute atomic E-state index is 13.4. The van der Waals surface area contributed by atoms with Crippen molar-refractivity contribution in [2.24, 2.45) is 0 Å². The summed E-state index contributed by atoms with van der Waals surface area (Å²) in [5.74, 6) is 1.74. The molecule has 0 bridgehead atoms.